The average Bonchev–Trinajstić information content (AvgIpc) is 3.05. The van der Waals surface area contributed by atoms with Gasteiger partial charge in [0.2, 0.25) is 0 Å². The molecule has 2 heterocycles. The summed E-state index contributed by atoms with van der Waals surface area (Å²) in [6.07, 6.45) is 2.73. The number of furan rings is 1. The fraction of sp³-hybridized carbons (Fsp3) is 0.333. The number of aromatic carboxylic acids is 1. The van der Waals surface area contributed by atoms with Crippen molar-refractivity contribution in [1.29, 1.82) is 0 Å². The zero-order chi connectivity index (χ0) is 14.8. The van der Waals surface area contributed by atoms with Gasteiger partial charge in [0.25, 0.3) is 0 Å². The molecule has 0 aliphatic rings. The topological polar surface area (TPSA) is 102 Å². The van der Waals surface area contributed by atoms with Crippen LogP contribution in [-0.4, -0.2) is 40.8 Å². The highest BCUT2D eigenvalue weighted by molar-refractivity contribution is 7.91. The van der Waals surface area contributed by atoms with Crippen molar-refractivity contribution in [3.63, 3.8) is 0 Å². The van der Waals surface area contributed by atoms with E-state index in [2.05, 4.69) is 5.10 Å². The van der Waals surface area contributed by atoms with Crippen molar-refractivity contribution in [3.8, 4) is 11.5 Å². The van der Waals surface area contributed by atoms with E-state index in [-0.39, 0.29) is 29.3 Å². The molecule has 0 aromatic carbocycles. The SMILES string of the molecule is CCS(=O)(=O)CCn1cc(C(=O)O)c(-c2ccco2)n1. The Balaban J connectivity index is 2.29. The molecule has 108 valence electrons. The van der Waals surface area contributed by atoms with Gasteiger partial charge < -0.3 is 9.52 Å². The Hall–Kier alpha value is -2.09. The summed E-state index contributed by atoms with van der Waals surface area (Å²) in [4.78, 5) is 11.2. The lowest BCUT2D eigenvalue weighted by Gasteiger charge is -2.01. The third-order valence-electron chi connectivity index (χ3n) is 2.82. The van der Waals surface area contributed by atoms with Gasteiger partial charge in [0.05, 0.1) is 18.6 Å². The van der Waals surface area contributed by atoms with Crippen LogP contribution in [0.25, 0.3) is 11.5 Å². The van der Waals surface area contributed by atoms with Crippen LogP contribution < -0.4 is 0 Å². The van der Waals surface area contributed by atoms with E-state index in [1.807, 2.05) is 0 Å². The van der Waals surface area contributed by atoms with Crippen molar-refractivity contribution in [2.24, 2.45) is 0 Å². The van der Waals surface area contributed by atoms with E-state index in [1.54, 1.807) is 19.1 Å². The van der Waals surface area contributed by atoms with Crippen LogP contribution in [0.15, 0.2) is 29.0 Å². The number of carboxylic acid groups (broad SMARTS) is 1. The van der Waals surface area contributed by atoms with Gasteiger partial charge in [0.1, 0.15) is 11.3 Å². The van der Waals surface area contributed by atoms with Crippen LogP contribution in [0.5, 0.6) is 0 Å². The third-order valence-corrected chi connectivity index (χ3v) is 4.50. The van der Waals surface area contributed by atoms with Gasteiger partial charge in [0.15, 0.2) is 15.6 Å². The number of carbonyl (C=O) groups is 1. The minimum absolute atomic E-state index is 0.0196. The van der Waals surface area contributed by atoms with Crippen LogP contribution in [0.4, 0.5) is 0 Å². The number of rotatable bonds is 6. The summed E-state index contributed by atoms with van der Waals surface area (Å²) in [5, 5.41) is 13.2. The number of carboxylic acids is 1. The second-order valence-electron chi connectivity index (χ2n) is 4.17. The van der Waals surface area contributed by atoms with Crippen LogP contribution in [0.3, 0.4) is 0 Å². The van der Waals surface area contributed by atoms with Gasteiger partial charge in [-0.2, -0.15) is 5.10 Å². The molecule has 0 atom stereocenters. The van der Waals surface area contributed by atoms with Crippen molar-refractivity contribution >= 4 is 15.8 Å². The first kappa shape index (κ1) is 14.3. The lowest BCUT2D eigenvalue weighted by Crippen LogP contribution is -2.15. The van der Waals surface area contributed by atoms with Gasteiger partial charge in [-0.25, -0.2) is 13.2 Å². The molecule has 0 unspecified atom stereocenters. The summed E-state index contributed by atoms with van der Waals surface area (Å²) < 4.78 is 29.3. The number of sulfone groups is 1. The fourth-order valence-electron chi connectivity index (χ4n) is 1.66. The standard InChI is InChI=1S/C12H14N2O5S/c1-2-20(17,18)7-5-14-8-9(12(15)16)11(13-14)10-4-3-6-19-10/h3-4,6,8H,2,5,7H2,1H3,(H,15,16). The largest absolute Gasteiger partial charge is 0.478 e. The van der Waals surface area contributed by atoms with Crippen LogP contribution in [0, 0.1) is 0 Å². The predicted octanol–water partition coefficient (Wildman–Crippen LogP) is 1.28. The van der Waals surface area contributed by atoms with Crippen molar-refractivity contribution in [2.75, 3.05) is 11.5 Å². The number of nitrogens with zero attached hydrogens (tertiary/aromatic N) is 2. The highest BCUT2D eigenvalue weighted by atomic mass is 32.2. The normalized spacial score (nSPS) is 11.7. The monoisotopic (exact) mass is 298 g/mol. The first-order chi connectivity index (χ1) is 9.43. The molecular weight excluding hydrogens is 284 g/mol. The quantitative estimate of drug-likeness (QED) is 0.861. The molecular formula is C12H14N2O5S. The third kappa shape index (κ3) is 3.08. The van der Waals surface area contributed by atoms with E-state index in [1.165, 1.54) is 17.1 Å². The fourth-order valence-corrected chi connectivity index (χ4v) is 2.42. The highest BCUT2D eigenvalue weighted by Crippen LogP contribution is 2.22. The Kier molecular flexibility index (Phi) is 3.93. The Morgan fingerprint density at radius 3 is 2.80 bits per heavy atom. The first-order valence-electron chi connectivity index (χ1n) is 5.98. The van der Waals surface area contributed by atoms with Gasteiger partial charge in [0, 0.05) is 11.9 Å². The molecule has 0 aliphatic heterocycles. The summed E-state index contributed by atoms with van der Waals surface area (Å²) in [5.74, 6) is -0.840. The summed E-state index contributed by atoms with van der Waals surface area (Å²) in [6.45, 7) is 1.67. The molecule has 2 aromatic rings. The lowest BCUT2D eigenvalue weighted by atomic mass is 10.2. The second kappa shape index (κ2) is 5.49. The number of aryl methyl sites for hydroxylation is 1. The Morgan fingerprint density at radius 2 is 2.25 bits per heavy atom. The maximum atomic E-state index is 11.5. The molecule has 2 rings (SSSR count). The number of aromatic nitrogens is 2. The molecule has 0 aliphatic carbocycles. The van der Waals surface area contributed by atoms with Gasteiger partial charge >= 0.3 is 5.97 Å². The van der Waals surface area contributed by atoms with Gasteiger partial charge in [-0.15, -0.1) is 0 Å². The van der Waals surface area contributed by atoms with E-state index in [4.69, 9.17) is 9.52 Å². The Morgan fingerprint density at radius 1 is 1.50 bits per heavy atom. The molecule has 0 spiro atoms. The van der Waals surface area contributed by atoms with Crippen molar-refractivity contribution < 1.29 is 22.7 Å². The molecule has 0 radical (unpaired) electrons. The number of hydrogen-bond donors (Lipinski definition) is 1. The summed E-state index contributed by atoms with van der Waals surface area (Å²) in [5.41, 5.74) is 0.172. The first-order valence-corrected chi connectivity index (χ1v) is 7.80. The zero-order valence-electron chi connectivity index (χ0n) is 10.8. The highest BCUT2D eigenvalue weighted by Gasteiger charge is 2.19. The maximum Gasteiger partial charge on any atom is 0.339 e. The van der Waals surface area contributed by atoms with Crippen LogP contribution in [0.1, 0.15) is 17.3 Å². The lowest BCUT2D eigenvalue weighted by molar-refractivity contribution is 0.0697. The van der Waals surface area contributed by atoms with E-state index in [9.17, 15) is 13.2 Å². The van der Waals surface area contributed by atoms with Crippen molar-refractivity contribution in [2.45, 2.75) is 13.5 Å². The summed E-state index contributed by atoms with van der Waals surface area (Å²) >= 11 is 0. The van der Waals surface area contributed by atoms with E-state index >= 15 is 0 Å². The minimum Gasteiger partial charge on any atom is -0.478 e. The maximum absolute atomic E-state index is 11.5. The number of hydrogen-bond acceptors (Lipinski definition) is 5. The van der Waals surface area contributed by atoms with E-state index < -0.39 is 15.8 Å². The zero-order valence-corrected chi connectivity index (χ0v) is 11.6. The molecule has 20 heavy (non-hydrogen) atoms. The molecule has 0 fully saturated rings. The van der Waals surface area contributed by atoms with E-state index in [0.29, 0.717) is 5.76 Å². The Bertz CT molecular complexity index is 700. The minimum atomic E-state index is -3.13. The summed E-state index contributed by atoms with van der Waals surface area (Å²) in [6, 6.07) is 3.23. The van der Waals surface area contributed by atoms with Gasteiger partial charge in [-0.3, -0.25) is 4.68 Å². The van der Waals surface area contributed by atoms with Crippen molar-refractivity contribution in [1.82, 2.24) is 9.78 Å². The molecule has 0 saturated carbocycles. The van der Waals surface area contributed by atoms with Gasteiger partial charge in [-0.05, 0) is 12.1 Å². The van der Waals surface area contributed by atoms with Crippen LogP contribution in [-0.2, 0) is 16.4 Å². The van der Waals surface area contributed by atoms with Crippen molar-refractivity contribution in [3.05, 3.63) is 30.2 Å². The molecule has 7 nitrogen and oxygen atoms in total. The second-order valence-corrected chi connectivity index (χ2v) is 6.65. The van der Waals surface area contributed by atoms with E-state index in [0.717, 1.165) is 0 Å². The molecule has 2 aromatic heterocycles. The molecule has 0 bridgehead atoms. The average molecular weight is 298 g/mol. The van der Waals surface area contributed by atoms with Gasteiger partial charge in [-0.1, -0.05) is 6.92 Å². The Labute approximate surface area is 115 Å². The molecule has 0 amide bonds. The summed E-state index contributed by atoms with van der Waals surface area (Å²) in [7, 11) is -3.13. The van der Waals surface area contributed by atoms with Crippen LogP contribution in [0.2, 0.25) is 0 Å². The molecule has 8 heteroatoms. The molecule has 1 N–H and O–H groups in total. The smallest absolute Gasteiger partial charge is 0.339 e. The van der Waals surface area contributed by atoms with Crippen LogP contribution >= 0.6 is 0 Å². The molecule has 0 saturated heterocycles. The predicted molar refractivity (Wildman–Crippen MR) is 71.2 cm³/mol.